The molecule has 98 valence electrons. The Morgan fingerprint density at radius 2 is 1.69 bits per heavy atom. The van der Waals surface area contributed by atoms with Crippen LogP contribution < -0.4 is 5.73 Å². The topological polar surface area (TPSA) is 29.3 Å². The van der Waals surface area contributed by atoms with Crippen LogP contribution in [0.2, 0.25) is 0 Å². The monoisotopic (exact) mass is 228 g/mol. The number of unbranched alkanes of at least 4 members (excludes halogenated alkanes) is 1. The first kappa shape index (κ1) is 15.9. The van der Waals surface area contributed by atoms with Crippen molar-refractivity contribution in [1.82, 2.24) is 4.90 Å². The minimum atomic E-state index is 0.0111. The van der Waals surface area contributed by atoms with Crippen molar-refractivity contribution in [2.24, 2.45) is 5.73 Å². The van der Waals surface area contributed by atoms with Gasteiger partial charge in [-0.25, -0.2) is 0 Å². The van der Waals surface area contributed by atoms with E-state index < -0.39 is 0 Å². The van der Waals surface area contributed by atoms with Crippen molar-refractivity contribution >= 4 is 0 Å². The summed E-state index contributed by atoms with van der Waals surface area (Å²) in [5.74, 6) is 0. The van der Waals surface area contributed by atoms with Gasteiger partial charge in [0.15, 0.2) is 0 Å². The Labute approximate surface area is 103 Å². The quantitative estimate of drug-likeness (QED) is 0.655. The summed E-state index contributed by atoms with van der Waals surface area (Å²) in [6.07, 6.45) is 5.91. The predicted molar refractivity (Wildman–Crippen MR) is 73.7 cm³/mol. The van der Waals surface area contributed by atoms with Crippen molar-refractivity contribution < 1.29 is 0 Å². The lowest BCUT2D eigenvalue weighted by atomic mass is 9.92. The fourth-order valence-corrected chi connectivity index (χ4v) is 1.95. The van der Waals surface area contributed by atoms with E-state index in [1.54, 1.807) is 0 Å². The average molecular weight is 228 g/mol. The second kappa shape index (κ2) is 8.08. The standard InChI is InChI=1S/C14H32N2/c1-6-10-11-16(13(5)7-2)12-14(15,8-3)9-4/h13H,6-12,15H2,1-5H3. The van der Waals surface area contributed by atoms with Crippen molar-refractivity contribution in [2.45, 2.75) is 78.3 Å². The fourth-order valence-electron chi connectivity index (χ4n) is 1.95. The van der Waals surface area contributed by atoms with Gasteiger partial charge in [0.05, 0.1) is 0 Å². The Kier molecular flexibility index (Phi) is 8.04. The zero-order valence-corrected chi connectivity index (χ0v) is 12.1. The van der Waals surface area contributed by atoms with Crippen LogP contribution in [-0.4, -0.2) is 29.6 Å². The molecule has 0 spiro atoms. The van der Waals surface area contributed by atoms with Crippen molar-refractivity contribution in [1.29, 1.82) is 0 Å². The number of nitrogens with two attached hydrogens (primary N) is 1. The first-order valence-corrected chi connectivity index (χ1v) is 7.05. The van der Waals surface area contributed by atoms with Gasteiger partial charge in [-0.3, -0.25) is 4.90 Å². The molecule has 0 aromatic rings. The molecule has 0 radical (unpaired) electrons. The summed E-state index contributed by atoms with van der Waals surface area (Å²) in [6, 6.07) is 0.660. The lowest BCUT2D eigenvalue weighted by Gasteiger charge is -2.37. The zero-order chi connectivity index (χ0) is 12.6. The van der Waals surface area contributed by atoms with Gasteiger partial charge >= 0.3 is 0 Å². The summed E-state index contributed by atoms with van der Waals surface area (Å²) in [5.41, 5.74) is 6.43. The number of nitrogens with zero attached hydrogens (tertiary/aromatic N) is 1. The van der Waals surface area contributed by atoms with Gasteiger partial charge in [-0.05, 0) is 39.2 Å². The molecule has 1 unspecified atom stereocenters. The van der Waals surface area contributed by atoms with Crippen molar-refractivity contribution in [3.8, 4) is 0 Å². The molecule has 0 rings (SSSR count). The molecule has 0 fully saturated rings. The molecule has 2 N–H and O–H groups in total. The molecule has 0 aliphatic carbocycles. The van der Waals surface area contributed by atoms with Crippen LogP contribution >= 0.6 is 0 Å². The van der Waals surface area contributed by atoms with E-state index >= 15 is 0 Å². The van der Waals surface area contributed by atoms with E-state index in [0.29, 0.717) is 6.04 Å². The highest BCUT2D eigenvalue weighted by molar-refractivity contribution is 4.86. The van der Waals surface area contributed by atoms with Crippen LogP contribution in [0.3, 0.4) is 0 Å². The maximum atomic E-state index is 6.42. The van der Waals surface area contributed by atoms with Gasteiger partial charge in [-0.1, -0.05) is 34.1 Å². The van der Waals surface area contributed by atoms with E-state index in [9.17, 15) is 0 Å². The fraction of sp³-hybridized carbons (Fsp3) is 1.00. The molecule has 16 heavy (non-hydrogen) atoms. The molecule has 0 saturated heterocycles. The van der Waals surface area contributed by atoms with Gasteiger partial charge in [-0.2, -0.15) is 0 Å². The highest BCUT2D eigenvalue weighted by Gasteiger charge is 2.25. The molecule has 1 atom stereocenters. The molecule has 0 aliphatic heterocycles. The van der Waals surface area contributed by atoms with E-state index in [0.717, 1.165) is 19.4 Å². The van der Waals surface area contributed by atoms with Crippen LogP contribution in [0.4, 0.5) is 0 Å². The molecule has 0 amide bonds. The molecule has 2 heteroatoms. The Morgan fingerprint density at radius 1 is 1.12 bits per heavy atom. The minimum absolute atomic E-state index is 0.0111. The first-order valence-electron chi connectivity index (χ1n) is 7.05. The lowest BCUT2D eigenvalue weighted by Crippen LogP contribution is -2.51. The smallest absolute Gasteiger partial charge is 0.0278 e. The van der Waals surface area contributed by atoms with E-state index in [-0.39, 0.29) is 5.54 Å². The van der Waals surface area contributed by atoms with Crippen molar-refractivity contribution in [3.05, 3.63) is 0 Å². The van der Waals surface area contributed by atoms with Gasteiger partial charge in [-0.15, -0.1) is 0 Å². The second-order valence-electron chi connectivity index (χ2n) is 5.15. The highest BCUT2D eigenvalue weighted by atomic mass is 15.2. The van der Waals surface area contributed by atoms with Crippen LogP contribution in [-0.2, 0) is 0 Å². The third-order valence-electron chi connectivity index (χ3n) is 3.94. The third-order valence-corrected chi connectivity index (χ3v) is 3.94. The first-order chi connectivity index (χ1) is 7.52. The number of rotatable bonds is 9. The Hall–Kier alpha value is -0.0800. The Balaban J connectivity index is 4.39. The van der Waals surface area contributed by atoms with Gasteiger partial charge in [0, 0.05) is 18.1 Å². The zero-order valence-electron chi connectivity index (χ0n) is 12.1. The minimum Gasteiger partial charge on any atom is -0.324 e. The van der Waals surface area contributed by atoms with Gasteiger partial charge < -0.3 is 5.73 Å². The van der Waals surface area contributed by atoms with E-state index in [1.165, 1.54) is 25.8 Å². The van der Waals surface area contributed by atoms with Crippen LogP contribution in [0, 0.1) is 0 Å². The predicted octanol–water partition coefficient (Wildman–Crippen LogP) is 3.40. The Morgan fingerprint density at radius 3 is 2.06 bits per heavy atom. The molecule has 2 nitrogen and oxygen atoms in total. The van der Waals surface area contributed by atoms with Crippen molar-refractivity contribution in [2.75, 3.05) is 13.1 Å². The molecule has 0 saturated carbocycles. The SMILES string of the molecule is CCCCN(CC(N)(CC)CC)C(C)CC. The molecule has 0 aliphatic rings. The molecular formula is C14H32N2. The maximum absolute atomic E-state index is 6.42. The highest BCUT2D eigenvalue weighted by Crippen LogP contribution is 2.16. The number of hydrogen-bond donors (Lipinski definition) is 1. The third kappa shape index (κ3) is 5.31. The lowest BCUT2D eigenvalue weighted by molar-refractivity contribution is 0.149. The van der Waals surface area contributed by atoms with Crippen LogP contribution in [0.1, 0.15) is 66.7 Å². The van der Waals surface area contributed by atoms with Gasteiger partial charge in [0.2, 0.25) is 0 Å². The second-order valence-corrected chi connectivity index (χ2v) is 5.15. The summed E-state index contributed by atoms with van der Waals surface area (Å²) in [7, 11) is 0. The summed E-state index contributed by atoms with van der Waals surface area (Å²) in [4.78, 5) is 2.58. The Bertz CT molecular complexity index is 164. The molecule has 0 heterocycles. The largest absolute Gasteiger partial charge is 0.324 e. The normalized spacial score (nSPS) is 14.4. The molecule has 0 aromatic heterocycles. The summed E-state index contributed by atoms with van der Waals surface area (Å²) in [5, 5.41) is 0. The summed E-state index contributed by atoms with van der Waals surface area (Å²) in [6.45, 7) is 13.5. The van der Waals surface area contributed by atoms with Crippen LogP contribution in [0.25, 0.3) is 0 Å². The van der Waals surface area contributed by atoms with Crippen molar-refractivity contribution in [3.63, 3.8) is 0 Å². The summed E-state index contributed by atoms with van der Waals surface area (Å²) >= 11 is 0. The summed E-state index contributed by atoms with van der Waals surface area (Å²) < 4.78 is 0. The number of hydrogen-bond acceptors (Lipinski definition) is 2. The average Bonchev–Trinajstić information content (AvgIpc) is 2.33. The molecular weight excluding hydrogens is 196 g/mol. The van der Waals surface area contributed by atoms with Gasteiger partial charge in [0.25, 0.3) is 0 Å². The van der Waals surface area contributed by atoms with Gasteiger partial charge in [0.1, 0.15) is 0 Å². The van der Waals surface area contributed by atoms with E-state index in [4.69, 9.17) is 5.73 Å². The van der Waals surface area contributed by atoms with Crippen LogP contribution in [0.15, 0.2) is 0 Å². The maximum Gasteiger partial charge on any atom is 0.0278 e. The van der Waals surface area contributed by atoms with Crippen LogP contribution in [0.5, 0.6) is 0 Å². The van der Waals surface area contributed by atoms with E-state index in [1.807, 2.05) is 0 Å². The molecule has 0 bridgehead atoms. The van der Waals surface area contributed by atoms with E-state index in [2.05, 4.69) is 39.5 Å². The molecule has 0 aromatic carbocycles.